The Labute approximate surface area is 152 Å². The van der Waals surface area contributed by atoms with E-state index in [1.807, 2.05) is 0 Å². The predicted octanol–water partition coefficient (Wildman–Crippen LogP) is 2.39. The number of benzene rings is 1. The van der Waals surface area contributed by atoms with E-state index in [0.717, 1.165) is 0 Å². The molecule has 3 N–H and O–H groups in total. The van der Waals surface area contributed by atoms with Gasteiger partial charge in [0.15, 0.2) is 5.13 Å². The number of carbonyl (C=O) groups excluding carboxylic acids is 2. The quantitative estimate of drug-likeness (QED) is 0.651. The predicted molar refractivity (Wildman–Crippen MR) is 99.9 cm³/mol. The van der Waals surface area contributed by atoms with Crippen molar-refractivity contribution in [2.75, 3.05) is 10.6 Å². The van der Waals surface area contributed by atoms with Crippen LogP contribution in [0.15, 0.2) is 34.6 Å². The van der Waals surface area contributed by atoms with E-state index in [4.69, 9.17) is 0 Å². The van der Waals surface area contributed by atoms with Crippen LogP contribution >= 0.6 is 11.3 Å². The summed E-state index contributed by atoms with van der Waals surface area (Å²) in [6.45, 7) is 3.44. The van der Waals surface area contributed by atoms with Gasteiger partial charge in [0.05, 0.1) is 5.52 Å². The average Bonchev–Trinajstić information content (AvgIpc) is 3.08. The zero-order chi connectivity index (χ0) is 18.8. The Bertz CT molecular complexity index is 1060. The lowest BCUT2D eigenvalue weighted by atomic mass is 10.1. The molecule has 0 atom stereocenters. The number of carbonyl (C=O) groups is 2. The van der Waals surface area contributed by atoms with Crippen molar-refractivity contribution in [3.8, 4) is 5.75 Å². The summed E-state index contributed by atoms with van der Waals surface area (Å²) in [5, 5.41) is 18.0. The molecule has 1 aromatic carbocycles. The first-order valence-electron chi connectivity index (χ1n) is 7.80. The second-order valence-corrected chi connectivity index (χ2v) is 6.37. The molecule has 3 aromatic rings. The fourth-order valence-electron chi connectivity index (χ4n) is 2.69. The molecule has 2 aromatic heterocycles. The van der Waals surface area contributed by atoms with Crippen molar-refractivity contribution in [3.63, 3.8) is 0 Å². The van der Waals surface area contributed by atoms with Crippen molar-refractivity contribution in [2.45, 2.75) is 20.4 Å². The molecule has 8 nitrogen and oxygen atoms in total. The van der Waals surface area contributed by atoms with Gasteiger partial charge in [0.1, 0.15) is 11.3 Å². The van der Waals surface area contributed by atoms with E-state index >= 15 is 0 Å². The van der Waals surface area contributed by atoms with Crippen LogP contribution in [-0.2, 0) is 11.3 Å². The molecule has 0 saturated heterocycles. The molecule has 2 heterocycles. The molecule has 0 aliphatic carbocycles. The number of pyridine rings is 1. The van der Waals surface area contributed by atoms with Crippen molar-refractivity contribution < 1.29 is 14.7 Å². The number of hydrogen-bond acceptors (Lipinski definition) is 6. The number of anilines is 2. The third-order valence-corrected chi connectivity index (χ3v) is 4.44. The van der Waals surface area contributed by atoms with E-state index in [1.54, 1.807) is 24.4 Å². The Morgan fingerprint density at radius 2 is 2.08 bits per heavy atom. The maximum Gasteiger partial charge on any atom is 0.267 e. The number of aromatic hydroxyl groups is 1. The summed E-state index contributed by atoms with van der Waals surface area (Å²) in [5.74, 6) is -1.44. The zero-order valence-electron chi connectivity index (χ0n) is 14.1. The molecule has 2 amide bonds. The number of nitrogens with one attached hydrogen (secondary N) is 2. The molecule has 3 rings (SSSR count). The third-order valence-electron chi connectivity index (χ3n) is 3.75. The first kappa shape index (κ1) is 17.6. The highest BCUT2D eigenvalue weighted by Crippen LogP contribution is 2.29. The van der Waals surface area contributed by atoms with Gasteiger partial charge in [0.25, 0.3) is 11.5 Å². The molecule has 9 heteroatoms. The van der Waals surface area contributed by atoms with Crippen molar-refractivity contribution in [2.24, 2.45) is 0 Å². The van der Waals surface area contributed by atoms with Crippen molar-refractivity contribution in [1.82, 2.24) is 9.55 Å². The van der Waals surface area contributed by atoms with E-state index in [1.165, 1.54) is 35.1 Å². The van der Waals surface area contributed by atoms with Crippen LogP contribution in [0.5, 0.6) is 5.75 Å². The van der Waals surface area contributed by atoms with Gasteiger partial charge in [-0.1, -0.05) is 0 Å². The smallest absolute Gasteiger partial charge is 0.267 e. The number of fused-ring (bicyclic) bond motifs is 1. The Balaban J connectivity index is 2.20. The van der Waals surface area contributed by atoms with Gasteiger partial charge in [-0.3, -0.25) is 19.7 Å². The van der Waals surface area contributed by atoms with Gasteiger partial charge in [-0.05, 0) is 25.1 Å². The minimum absolute atomic E-state index is 0.269. The van der Waals surface area contributed by atoms with E-state index in [2.05, 4.69) is 15.6 Å². The molecule has 0 fully saturated rings. The van der Waals surface area contributed by atoms with Gasteiger partial charge in [0.2, 0.25) is 5.91 Å². The fraction of sp³-hybridized carbons (Fsp3) is 0.176. The lowest BCUT2D eigenvalue weighted by Crippen LogP contribution is -2.29. The van der Waals surface area contributed by atoms with E-state index in [-0.39, 0.29) is 11.5 Å². The zero-order valence-corrected chi connectivity index (χ0v) is 14.9. The van der Waals surface area contributed by atoms with Gasteiger partial charge < -0.3 is 15.0 Å². The Morgan fingerprint density at radius 3 is 2.69 bits per heavy atom. The van der Waals surface area contributed by atoms with Gasteiger partial charge in [0, 0.05) is 36.1 Å². The number of aryl methyl sites for hydroxylation is 1. The Hall–Kier alpha value is -3.20. The highest BCUT2D eigenvalue weighted by atomic mass is 32.1. The second-order valence-electron chi connectivity index (χ2n) is 5.48. The second kappa shape index (κ2) is 6.96. The molecule has 26 heavy (non-hydrogen) atoms. The Kier molecular flexibility index (Phi) is 4.72. The van der Waals surface area contributed by atoms with Gasteiger partial charge in [-0.25, -0.2) is 4.98 Å². The van der Waals surface area contributed by atoms with Crippen molar-refractivity contribution >= 4 is 44.9 Å². The number of amides is 2. The van der Waals surface area contributed by atoms with Gasteiger partial charge >= 0.3 is 0 Å². The highest BCUT2D eigenvalue weighted by molar-refractivity contribution is 7.13. The number of rotatable bonds is 4. The van der Waals surface area contributed by atoms with Crippen LogP contribution in [0, 0.1) is 0 Å². The molecule has 0 radical (unpaired) electrons. The number of nitrogens with zero attached hydrogens (tertiary/aromatic N) is 2. The maximum absolute atomic E-state index is 12.7. The molecule has 0 unspecified atom stereocenters. The monoisotopic (exact) mass is 372 g/mol. The minimum atomic E-state index is -0.739. The SMILES string of the molecule is CCn1c(=O)c(C(=O)Nc2nccs2)c(O)c2cc(NC(C)=O)ccc21. The van der Waals surface area contributed by atoms with Crippen LogP contribution in [0.1, 0.15) is 24.2 Å². The molecule has 134 valence electrons. The summed E-state index contributed by atoms with van der Waals surface area (Å²) < 4.78 is 1.39. The standard InChI is InChI=1S/C17H16N4O4S/c1-3-21-12-5-4-10(19-9(2)22)8-11(12)14(23)13(16(21)25)15(24)20-17-18-6-7-26-17/h4-8,23H,3H2,1-2H3,(H,19,22)(H,18,20,24). The summed E-state index contributed by atoms with van der Waals surface area (Å²) >= 11 is 1.20. The largest absolute Gasteiger partial charge is 0.506 e. The van der Waals surface area contributed by atoms with Crippen LogP contribution in [0.2, 0.25) is 0 Å². The number of hydrogen-bond donors (Lipinski definition) is 3. The van der Waals surface area contributed by atoms with E-state index < -0.39 is 17.2 Å². The van der Waals surface area contributed by atoms with Gasteiger partial charge in [-0.2, -0.15) is 0 Å². The summed E-state index contributed by atoms with van der Waals surface area (Å²) in [7, 11) is 0. The molecular formula is C17H16N4O4S. The first-order valence-corrected chi connectivity index (χ1v) is 8.68. The molecular weight excluding hydrogens is 356 g/mol. The lowest BCUT2D eigenvalue weighted by molar-refractivity contribution is -0.114. The molecule has 0 bridgehead atoms. The number of aromatic nitrogens is 2. The number of thiazole rings is 1. The summed E-state index contributed by atoms with van der Waals surface area (Å²) in [6, 6.07) is 4.77. The summed E-state index contributed by atoms with van der Waals surface area (Å²) in [6.07, 6.45) is 1.52. The Morgan fingerprint density at radius 1 is 1.31 bits per heavy atom. The molecule has 0 aliphatic rings. The summed E-state index contributed by atoms with van der Waals surface area (Å²) in [4.78, 5) is 40.5. The normalized spacial score (nSPS) is 10.7. The van der Waals surface area contributed by atoms with Crippen LogP contribution in [0.4, 0.5) is 10.8 Å². The minimum Gasteiger partial charge on any atom is -0.506 e. The molecule has 0 saturated carbocycles. The average molecular weight is 372 g/mol. The lowest BCUT2D eigenvalue weighted by Gasteiger charge is -2.14. The van der Waals surface area contributed by atoms with Crippen molar-refractivity contribution in [1.29, 1.82) is 0 Å². The maximum atomic E-state index is 12.7. The van der Waals surface area contributed by atoms with Crippen LogP contribution in [-0.4, -0.2) is 26.5 Å². The first-order chi connectivity index (χ1) is 12.4. The highest BCUT2D eigenvalue weighted by Gasteiger charge is 2.22. The third kappa shape index (κ3) is 3.16. The fourth-order valence-corrected chi connectivity index (χ4v) is 3.21. The van der Waals surface area contributed by atoms with Crippen LogP contribution in [0.3, 0.4) is 0 Å². The van der Waals surface area contributed by atoms with E-state index in [0.29, 0.717) is 28.3 Å². The topological polar surface area (TPSA) is 113 Å². The summed E-state index contributed by atoms with van der Waals surface area (Å²) in [5.41, 5.74) is -0.0452. The van der Waals surface area contributed by atoms with Crippen LogP contribution in [0.25, 0.3) is 10.9 Å². The molecule has 0 spiro atoms. The van der Waals surface area contributed by atoms with E-state index in [9.17, 15) is 19.5 Å². The molecule has 0 aliphatic heterocycles. The van der Waals surface area contributed by atoms with Crippen molar-refractivity contribution in [3.05, 3.63) is 45.7 Å². The van der Waals surface area contributed by atoms with Crippen LogP contribution < -0.4 is 16.2 Å². The van der Waals surface area contributed by atoms with Gasteiger partial charge in [-0.15, -0.1) is 11.3 Å².